The van der Waals surface area contributed by atoms with E-state index in [4.69, 9.17) is 23.2 Å². The first kappa shape index (κ1) is 13.7. The second kappa shape index (κ2) is 5.95. The van der Waals surface area contributed by atoms with E-state index in [2.05, 4.69) is 5.32 Å². The van der Waals surface area contributed by atoms with Gasteiger partial charge in [-0.3, -0.25) is 0 Å². The van der Waals surface area contributed by atoms with Crippen LogP contribution in [0.1, 0.15) is 11.6 Å². The summed E-state index contributed by atoms with van der Waals surface area (Å²) >= 11 is 11.9. The molecule has 0 bridgehead atoms. The van der Waals surface area contributed by atoms with Gasteiger partial charge in [0, 0.05) is 21.3 Å². The molecule has 0 aliphatic carbocycles. The van der Waals surface area contributed by atoms with E-state index in [-0.39, 0.29) is 0 Å². The second-order valence-corrected chi connectivity index (χ2v) is 4.79. The molecule has 0 aromatic heterocycles. The third-order valence-corrected chi connectivity index (χ3v) is 3.18. The average Bonchev–Trinajstić information content (AvgIpc) is 2.40. The number of carbonyl (C=O) groups is 1. The minimum absolute atomic E-state index is 0.361. The number of para-hydroxylation sites is 1. The van der Waals surface area contributed by atoms with Crippen molar-refractivity contribution < 1.29 is 9.90 Å². The molecule has 2 aromatic carbocycles. The number of carboxylic acid groups (broad SMARTS) is 1. The number of halogens is 2. The molecule has 1 unspecified atom stereocenters. The van der Waals surface area contributed by atoms with Crippen LogP contribution >= 0.6 is 23.2 Å². The van der Waals surface area contributed by atoms with Crippen molar-refractivity contribution in [1.82, 2.24) is 0 Å². The average molecular weight is 296 g/mol. The minimum Gasteiger partial charge on any atom is -0.479 e. The van der Waals surface area contributed by atoms with Gasteiger partial charge in [0.05, 0.1) is 0 Å². The van der Waals surface area contributed by atoms with Gasteiger partial charge in [-0.1, -0.05) is 41.4 Å². The van der Waals surface area contributed by atoms with Gasteiger partial charge < -0.3 is 10.4 Å². The van der Waals surface area contributed by atoms with Gasteiger partial charge in [-0.15, -0.1) is 0 Å². The Morgan fingerprint density at radius 3 is 2.42 bits per heavy atom. The van der Waals surface area contributed by atoms with E-state index in [0.29, 0.717) is 21.3 Å². The molecular formula is C14H11Cl2NO2. The monoisotopic (exact) mass is 295 g/mol. The Morgan fingerprint density at radius 2 is 1.79 bits per heavy atom. The van der Waals surface area contributed by atoms with Crippen molar-refractivity contribution in [2.24, 2.45) is 0 Å². The van der Waals surface area contributed by atoms with E-state index in [1.165, 1.54) is 0 Å². The molecule has 3 nitrogen and oxygen atoms in total. The molecule has 2 N–H and O–H groups in total. The highest BCUT2D eigenvalue weighted by molar-refractivity contribution is 6.33. The quantitative estimate of drug-likeness (QED) is 0.887. The molecule has 2 rings (SSSR count). The molecule has 0 radical (unpaired) electrons. The third kappa shape index (κ3) is 3.40. The first-order valence-corrected chi connectivity index (χ1v) is 6.33. The Hall–Kier alpha value is -1.71. The molecular weight excluding hydrogens is 285 g/mol. The van der Waals surface area contributed by atoms with Crippen molar-refractivity contribution in [3.05, 3.63) is 64.1 Å². The fraction of sp³-hybridized carbons (Fsp3) is 0.0714. The lowest BCUT2D eigenvalue weighted by Gasteiger charge is -2.17. The summed E-state index contributed by atoms with van der Waals surface area (Å²) < 4.78 is 0. The summed E-state index contributed by atoms with van der Waals surface area (Å²) in [6.45, 7) is 0. The first-order chi connectivity index (χ1) is 9.08. The summed E-state index contributed by atoms with van der Waals surface area (Å²) in [6, 6.07) is 12.9. The number of anilines is 1. The van der Waals surface area contributed by atoms with E-state index in [9.17, 15) is 9.90 Å². The molecule has 5 heteroatoms. The predicted octanol–water partition coefficient (Wildman–Crippen LogP) is 4.23. The molecule has 0 saturated carbocycles. The fourth-order valence-corrected chi connectivity index (χ4v) is 2.12. The number of hydrogen-bond acceptors (Lipinski definition) is 2. The Balaban J connectivity index is 2.35. The lowest BCUT2D eigenvalue weighted by Crippen LogP contribution is -2.20. The normalized spacial score (nSPS) is 11.9. The van der Waals surface area contributed by atoms with E-state index in [1.807, 2.05) is 18.2 Å². The second-order valence-electron chi connectivity index (χ2n) is 3.95. The molecule has 0 aliphatic rings. The number of nitrogens with one attached hydrogen (secondary N) is 1. The van der Waals surface area contributed by atoms with Gasteiger partial charge in [0.1, 0.15) is 0 Å². The standard InChI is InChI=1S/C14H11Cl2NO2/c15-9-6-7-12(16)11(8-9)13(14(18)19)17-10-4-2-1-3-5-10/h1-8,13,17H,(H,18,19). The highest BCUT2D eigenvalue weighted by Gasteiger charge is 2.22. The van der Waals surface area contributed by atoms with Crippen LogP contribution < -0.4 is 5.32 Å². The number of aliphatic carboxylic acids is 1. The molecule has 2 aromatic rings. The van der Waals surface area contributed by atoms with Crippen molar-refractivity contribution in [2.75, 3.05) is 5.32 Å². The Labute approximate surface area is 120 Å². The largest absolute Gasteiger partial charge is 0.479 e. The highest BCUT2D eigenvalue weighted by Crippen LogP contribution is 2.29. The topological polar surface area (TPSA) is 49.3 Å². The van der Waals surface area contributed by atoms with Crippen LogP contribution in [0.15, 0.2) is 48.5 Å². The summed E-state index contributed by atoms with van der Waals surface area (Å²) in [7, 11) is 0. The van der Waals surface area contributed by atoms with Crippen LogP contribution in [-0.4, -0.2) is 11.1 Å². The van der Waals surface area contributed by atoms with Gasteiger partial charge in [-0.2, -0.15) is 0 Å². The summed E-state index contributed by atoms with van der Waals surface area (Å²) in [5, 5.41) is 13.1. The maximum atomic E-state index is 11.4. The molecule has 0 aliphatic heterocycles. The van der Waals surface area contributed by atoms with Gasteiger partial charge in [0.25, 0.3) is 0 Å². The Kier molecular flexibility index (Phi) is 4.30. The molecule has 19 heavy (non-hydrogen) atoms. The van der Waals surface area contributed by atoms with Gasteiger partial charge >= 0.3 is 5.97 Å². The zero-order valence-electron chi connectivity index (χ0n) is 9.81. The van der Waals surface area contributed by atoms with E-state index in [0.717, 1.165) is 0 Å². The van der Waals surface area contributed by atoms with E-state index < -0.39 is 12.0 Å². The maximum Gasteiger partial charge on any atom is 0.330 e. The summed E-state index contributed by atoms with van der Waals surface area (Å²) in [6.07, 6.45) is 0. The maximum absolute atomic E-state index is 11.4. The zero-order chi connectivity index (χ0) is 13.8. The molecule has 0 amide bonds. The third-order valence-electron chi connectivity index (χ3n) is 2.60. The predicted molar refractivity (Wildman–Crippen MR) is 76.9 cm³/mol. The number of hydrogen-bond donors (Lipinski definition) is 2. The molecule has 1 atom stereocenters. The van der Waals surface area contributed by atoms with Crippen molar-refractivity contribution in [3.8, 4) is 0 Å². The smallest absolute Gasteiger partial charge is 0.330 e. The summed E-state index contributed by atoms with van der Waals surface area (Å²) in [5.41, 5.74) is 1.14. The van der Waals surface area contributed by atoms with E-state index in [1.54, 1.807) is 30.3 Å². The van der Waals surface area contributed by atoms with Gasteiger partial charge in [-0.25, -0.2) is 4.79 Å². The van der Waals surface area contributed by atoms with Crippen LogP contribution in [0.4, 0.5) is 5.69 Å². The van der Waals surface area contributed by atoms with Gasteiger partial charge in [0.2, 0.25) is 0 Å². The van der Waals surface area contributed by atoms with Crippen LogP contribution in [0.5, 0.6) is 0 Å². The van der Waals surface area contributed by atoms with Crippen LogP contribution in [0, 0.1) is 0 Å². The van der Waals surface area contributed by atoms with Crippen molar-refractivity contribution in [1.29, 1.82) is 0 Å². The minimum atomic E-state index is -1.02. The van der Waals surface area contributed by atoms with Crippen molar-refractivity contribution >= 4 is 34.9 Å². The summed E-state index contributed by atoms with van der Waals surface area (Å²) in [4.78, 5) is 11.4. The first-order valence-electron chi connectivity index (χ1n) is 5.57. The van der Waals surface area contributed by atoms with Crippen LogP contribution in [0.25, 0.3) is 0 Å². The lowest BCUT2D eigenvalue weighted by molar-refractivity contribution is -0.138. The number of rotatable bonds is 4. The van der Waals surface area contributed by atoms with Gasteiger partial charge in [-0.05, 0) is 30.3 Å². The molecule has 0 heterocycles. The van der Waals surface area contributed by atoms with Crippen molar-refractivity contribution in [2.45, 2.75) is 6.04 Å². The highest BCUT2D eigenvalue weighted by atomic mass is 35.5. The summed E-state index contributed by atoms with van der Waals surface area (Å²) in [5.74, 6) is -1.02. The van der Waals surface area contributed by atoms with E-state index >= 15 is 0 Å². The molecule has 0 spiro atoms. The lowest BCUT2D eigenvalue weighted by atomic mass is 10.1. The fourth-order valence-electron chi connectivity index (χ4n) is 1.71. The number of carboxylic acids is 1. The molecule has 98 valence electrons. The van der Waals surface area contributed by atoms with Crippen molar-refractivity contribution in [3.63, 3.8) is 0 Å². The van der Waals surface area contributed by atoms with Crippen LogP contribution in [-0.2, 0) is 4.79 Å². The van der Waals surface area contributed by atoms with Gasteiger partial charge in [0.15, 0.2) is 6.04 Å². The SMILES string of the molecule is O=C(O)C(Nc1ccccc1)c1cc(Cl)ccc1Cl. The Bertz CT molecular complexity index is 587. The zero-order valence-corrected chi connectivity index (χ0v) is 11.3. The molecule has 0 saturated heterocycles. The van der Waals surface area contributed by atoms with Crippen LogP contribution in [0.2, 0.25) is 10.0 Å². The van der Waals surface area contributed by atoms with Crippen LogP contribution in [0.3, 0.4) is 0 Å². The molecule has 0 fully saturated rings. The Morgan fingerprint density at radius 1 is 1.11 bits per heavy atom. The number of benzene rings is 2.